The number of aromatic hydroxyl groups is 2. The summed E-state index contributed by atoms with van der Waals surface area (Å²) < 4.78 is 0. The number of fused-ring (bicyclic) bond motifs is 3. The first-order chi connectivity index (χ1) is 59.3. The van der Waals surface area contributed by atoms with Gasteiger partial charge in [0.1, 0.15) is 0 Å². The minimum Gasteiger partial charge on any atom is -0.701 e. The molecule has 0 fully saturated rings. The Bertz CT molecular complexity index is 6170. The van der Waals surface area contributed by atoms with E-state index in [-0.39, 0.29) is 150 Å². The van der Waals surface area contributed by atoms with Gasteiger partial charge >= 0.3 is 42.1 Å². The van der Waals surface area contributed by atoms with Gasteiger partial charge in [-0.25, -0.2) is 58.3 Å². The standard InChI is InChI=1S/C17H11N2.C17H10N.C16H10N2.C14H9N.2C12H9O.2C11H8N.4Pt.2Y/c1-13-8-9-16(12-19-13)14-5-4-6-15(11-14)17-7-2-3-10-18-17;1-3-7-14(8-4-1)16-11-12-18-17(13-16)15-9-5-2-6-10-15;1-3-7-13-11(5-1)9-15(17-13)16-10-12-6-2-4-8-14(12)18-16;1-2-6-11(7-3-1)14-10-12-8-4-5-9-13(12)15-14;2*13-12-9-5-4-8-11(12)10-6-2-1-3-7-10;2*1-2-6-10(7-3-1)11-8-4-5-9-12-11;;;;;;/h2-5,7-10H,1H3;1-7,9,11-12H;1-10H;1-6,8-10H;2*1-6,8-9,13H;2*1-6,8-9H;;;;;;/q2*-3;2*-2;4*-1;;;2*+2;;. The molecule has 2 radical (unpaired) electrons. The second-order valence-electron chi connectivity index (χ2n) is 26.5. The molecule has 0 unspecified atom stereocenters. The van der Waals surface area contributed by atoms with Gasteiger partial charge in [-0.2, -0.15) is 71.5 Å². The van der Waals surface area contributed by atoms with Crippen LogP contribution >= 0.6 is 0 Å². The van der Waals surface area contributed by atoms with Crippen molar-refractivity contribution in [3.8, 4) is 124 Å². The molecule has 0 aliphatic heterocycles. The summed E-state index contributed by atoms with van der Waals surface area (Å²) >= 11 is 0. The predicted molar refractivity (Wildman–Crippen MR) is 483 cm³/mol. The van der Waals surface area contributed by atoms with Crippen LogP contribution in [0.5, 0.6) is 11.5 Å². The largest absolute Gasteiger partial charge is 2.00 e. The first-order valence-corrected chi connectivity index (χ1v) is 38.6. The van der Waals surface area contributed by atoms with Gasteiger partial charge < -0.3 is 55.6 Å². The molecule has 622 valence electrons. The second kappa shape index (κ2) is 54.0. The number of benzene rings is 13. The molecule has 0 atom stereocenters. The summed E-state index contributed by atoms with van der Waals surface area (Å²) in [6.45, 7) is 1.95. The van der Waals surface area contributed by atoms with E-state index in [1.807, 2.05) is 353 Å². The van der Waals surface area contributed by atoms with Crippen molar-refractivity contribution in [1.29, 1.82) is 0 Å². The molecule has 0 amide bonds. The molecule has 13 aromatic carbocycles. The molecule has 8 heterocycles. The molecule has 0 saturated carbocycles. The van der Waals surface area contributed by atoms with Crippen LogP contribution in [0.3, 0.4) is 0 Å². The van der Waals surface area contributed by atoms with Crippen LogP contribution in [0.4, 0.5) is 0 Å². The molecule has 0 aliphatic carbocycles. The minimum absolute atomic E-state index is 0. The molecular formula is C110H74N8O2Pt4Y2-10. The number of aromatic nitrogens is 8. The van der Waals surface area contributed by atoms with Gasteiger partial charge in [-0.3, -0.25) is 11.6 Å². The van der Waals surface area contributed by atoms with Crippen LogP contribution in [0, 0.1) is 73.8 Å². The van der Waals surface area contributed by atoms with E-state index in [1.165, 1.54) is 16.2 Å². The smallest absolute Gasteiger partial charge is 0.701 e. The van der Waals surface area contributed by atoms with Gasteiger partial charge in [0.25, 0.3) is 0 Å². The third kappa shape index (κ3) is 29.7. The number of phenols is 2. The molecule has 2 N–H and O–H groups in total. The zero-order valence-corrected chi connectivity index (χ0v) is 82.5. The van der Waals surface area contributed by atoms with E-state index in [2.05, 4.69) is 143 Å². The molecule has 0 aliphatic rings. The summed E-state index contributed by atoms with van der Waals surface area (Å²) in [5, 5.41) is 22.6. The summed E-state index contributed by atoms with van der Waals surface area (Å²) in [6.07, 6.45) is 10.2. The molecule has 21 aromatic rings. The van der Waals surface area contributed by atoms with Crippen molar-refractivity contribution in [2.45, 2.75) is 6.92 Å². The van der Waals surface area contributed by atoms with E-state index in [0.29, 0.717) is 11.5 Å². The molecule has 0 saturated heterocycles. The first kappa shape index (κ1) is 100. The molecule has 10 nitrogen and oxygen atoms in total. The number of rotatable bonds is 10. The van der Waals surface area contributed by atoms with Crippen molar-refractivity contribution in [2.75, 3.05) is 0 Å². The predicted octanol–water partition coefficient (Wildman–Crippen LogP) is 25.0. The summed E-state index contributed by atoms with van der Waals surface area (Å²) in [5.74, 6) is 0.593. The maximum absolute atomic E-state index is 9.54. The van der Waals surface area contributed by atoms with Gasteiger partial charge in [0.2, 0.25) is 0 Å². The summed E-state index contributed by atoms with van der Waals surface area (Å²) in [7, 11) is 0. The van der Waals surface area contributed by atoms with E-state index >= 15 is 0 Å². The molecule has 21 rings (SSSR count). The van der Waals surface area contributed by atoms with E-state index in [9.17, 15) is 10.2 Å². The van der Waals surface area contributed by atoms with Crippen molar-refractivity contribution in [3.63, 3.8) is 0 Å². The molecule has 8 aromatic heterocycles. The molecule has 0 bridgehead atoms. The average Bonchev–Trinajstić information content (AvgIpc) is 1.64. The fourth-order valence-electron chi connectivity index (χ4n) is 12.3. The van der Waals surface area contributed by atoms with Gasteiger partial charge in [-0.1, -0.05) is 181 Å². The summed E-state index contributed by atoms with van der Waals surface area (Å²) in [4.78, 5) is 35.0. The monoisotopic (exact) mass is 2500 g/mol. The number of hydrogen-bond acceptors (Lipinski definition) is 7. The maximum Gasteiger partial charge on any atom is 2.00 e. The summed E-state index contributed by atoms with van der Waals surface area (Å²) in [5.41, 5.74) is 22.9. The van der Waals surface area contributed by atoms with Crippen molar-refractivity contribution < 1.29 is 160 Å². The second-order valence-corrected chi connectivity index (χ2v) is 26.5. The van der Waals surface area contributed by atoms with Gasteiger partial charge in [0.05, 0.1) is 11.5 Å². The Morgan fingerprint density at radius 1 is 0.262 bits per heavy atom. The van der Waals surface area contributed by atoms with Crippen LogP contribution in [0.25, 0.3) is 145 Å². The molecule has 0 spiro atoms. The van der Waals surface area contributed by atoms with Gasteiger partial charge in [-0.05, 0) is 64.4 Å². The number of para-hydroxylation sites is 5. The number of phenolic OH excluding ortho intramolecular Hbond substituents is 2. The van der Waals surface area contributed by atoms with Crippen molar-refractivity contribution in [1.82, 2.24) is 39.9 Å². The number of pyridine rings is 5. The van der Waals surface area contributed by atoms with Crippen LogP contribution in [0.15, 0.2) is 419 Å². The zero-order valence-electron chi connectivity index (χ0n) is 67.7. The van der Waals surface area contributed by atoms with Crippen molar-refractivity contribution in [3.05, 3.63) is 492 Å². The Kier molecular flexibility index (Phi) is 42.9. The molecule has 16 heteroatoms. The van der Waals surface area contributed by atoms with Gasteiger partial charge in [-0.15, -0.1) is 233 Å². The van der Waals surface area contributed by atoms with Crippen LogP contribution in [0.1, 0.15) is 5.69 Å². The van der Waals surface area contributed by atoms with E-state index in [1.54, 1.807) is 36.9 Å². The first-order valence-electron chi connectivity index (χ1n) is 38.6. The van der Waals surface area contributed by atoms with E-state index in [0.717, 1.165) is 134 Å². The Balaban J connectivity index is 0.000000178. The fourth-order valence-corrected chi connectivity index (χ4v) is 12.3. The molecular weight excluding hydrogens is 2420 g/mol. The zero-order chi connectivity index (χ0) is 82.0. The molecule has 126 heavy (non-hydrogen) atoms. The van der Waals surface area contributed by atoms with Crippen molar-refractivity contribution in [2.24, 2.45) is 0 Å². The van der Waals surface area contributed by atoms with Crippen LogP contribution in [-0.4, -0.2) is 35.1 Å². The minimum atomic E-state index is 0. The Morgan fingerprint density at radius 3 is 1.02 bits per heavy atom. The fraction of sp³-hybridized carbons (Fsp3) is 0.00909. The van der Waals surface area contributed by atoms with Crippen LogP contribution in [0.2, 0.25) is 0 Å². The van der Waals surface area contributed by atoms with Crippen LogP contribution < -0.4 is 15.0 Å². The number of nitrogens with zero attached hydrogens (tertiary/aromatic N) is 8. The Labute approximate surface area is 844 Å². The van der Waals surface area contributed by atoms with Crippen molar-refractivity contribution >= 4 is 32.7 Å². The maximum atomic E-state index is 9.54. The third-order valence-electron chi connectivity index (χ3n) is 18.2. The van der Waals surface area contributed by atoms with Crippen LogP contribution in [-0.2, 0) is 150 Å². The van der Waals surface area contributed by atoms with Gasteiger partial charge in [0, 0.05) is 126 Å². The Hall–Kier alpha value is -11.2. The summed E-state index contributed by atoms with van der Waals surface area (Å²) in [6, 6.07) is 159. The third-order valence-corrected chi connectivity index (χ3v) is 18.2. The quantitative estimate of drug-likeness (QED) is 0.127. The van der Waals surface area contributed by atoms with E-state index < -0.39 is 0 Å². The number of aryl methyl sites for hydroxylation is 1. The number of hydrogen-bond donors (Lipinski definition) is 2. The van der Waals surface area contributed by atoms with Gasteiger partial charge in [0.15, 0.2) is 0 Å². The Morgan fingerprint density at radius 2 is 0.619 bits per heavy atom. The average molecular weight is 2500 g/mol. The normalized spacial score (nSPS) is 9.79. The SMILES string of the molecule is Cc1ccc(-c2[c-]c(-c3ccccn3)[c-]cc2)[c-]n1.Oc1ccccc1-c1[c-]cccc1.Oc1ccccc1-c1[c-]cccc1.[Pt+2].[Pt+2].[Pt].[Pt].[Y].[Y].[c-]1ccccc1-c1[c-]c(-c2[c-]cccc2)ncc1.[c-]1ccccc1-c1cc2ccccc2[n-]1.[c-]1ccccc1-c1ccccn1.[c-]1ccccc1-c1ccccn1.c1ccc2[n-]c(-c3cc4ccccc4[n-]3)cc2c1. The van der Waals surface area contributed by atoms with E-state index in [4.69, 9.17) is 0 Å². The topological polar surface area (TPSA) is 147 Å².